The van der Waals surface area contributed by atoms with E-state index in [9.17, 15) is 4.79 Å². The predicted molar refractivity (Wildman–Crippen MR) is 35.7 cm³/mol. The Hall–Kier alpha value is -0.530. The fourth-order valence-corrected chi connectivity index (χ4v) is 1.17. The second-order valence-electron chi connectivity index (χ2n) is 2.42. The Labute approximate surface area is 55.6 Å². The fourth-order valence-electron chi connectivity index (χ4n) is 1.17. The highest BCUT2D eigenvalue weighted by molar-refractivity contribution is 5.80. The number of rotatable bonds is 2. The van der Waals surface area contributed by atoms with Crippen LogP contribution in [-0.4, -0.2) is 12.5 Å². The van der Waals surface area contributed by atoms with Crippen LogP contribution in [0, 0.1) is 12.8 Å². The van der Waals surface area contributed by atoms with E-state index in [0.717, 1.165) is 25.8 Å². The largest absolute Gasteiger partial charge is 0.356 e. The molecule has 0 spiro atoms. The average molecular weight is 126 g/mol. The van der Waals surface area contributed by atoms with Gasteiger partial charge in [-0.3, -0.25) is 4.79 Å². The first-order chi connectivity index (χ1) is 4.34. The highest BCUT2D eigenvalue weighted by Crippen LogP contribution is 2.14. The number of carbonyl (C=O) groups is 1. The molecule has 1 N–H and O–H groups in total. The van der Waals surface area contributed by atoms with Gasteiger partial charge in [-0.25, -0.2) is 0 Å². The van der Waals surface area contributed by atoms with E-state index >= 15 is 0 Å². The summed E-state index contributed by atoms with van der Waals surface area (Å²) in [6.45, 7) is 4.57. The molecule has 9 heavy (non-hydrogen) atoms. The molecule has 1 aliphatic rings. The summed E-state index contributed by atoms with van der Waals surface area (Å²) < 4.78 is 0. The van der Waals surface area contributed by atoms with Crippen LogP contribution in [0.15, 0.2) is 0 Å². The molecule has 2 heteroatoms. The maximum absolute atomic E-state index is 10.8. The van der Waals surface area contributed by atoms with Crippen molar-refractivity contribution in [3.63, 3.8) is 0 Å². The minimum Gasteiger partial charge on any atom is -0.356 e. The van der Waals surface area contributed by atoms with Crippen molar-refractivity contribution in [3.8, 4) is 0 Å². The van der Waals surface area contributed by atoms with Crippen molar-refractivity contribution in [1.82, 2.24) is 5.32 Å². The summed E-state index contributed by atoms with van der Waals surface area (Å²) in [5.41, 5.74) is 0. The zero-order valence-electron chi connectivity index (χ0n) is 5.52. The van der Waals surface area contributed by atoms with Crippen LogP contribution in [0.3, 0.4) is 0 Å². The van der Waals surface area contributed by atoms with Gasteiger partial charge in [0.1, 0.15) is 0 Å². The summed E-state index contributed by atoms with van der Waals surface area (Å²) in [6, 6.07) is 0. The van der Waals surface area contributed by atoms with Gasteiger partial charge in [0.05, 0.1) is 0 Å². The molecule has 0 aromatic heterocycles. The maximum Gasteiger partial charge on any atom is 0.223 e. The Bertz CT molecular complexity index is 111. The van der Waals surface area contributed by atoms with Crippen LogP contribution >= 0.6 is 0 Å². The van der Waals surface area contributed by atoms with Crippen molar-refractivity contribution in [1.29, 1.82) is 0 Å². The molecule has 0 saturated carbocycles. The summed E-state index contributed by atoms with van der Waals surface area (Å²) in [5, 5.41) is 2.79. The summed E-state index contributed by atoms with van der Waals surface area (Å²) in [4.78, 5) is 10.8. The first-order valence-electron chi connectivity index (χ1n) is 3.41. The van der Waals surface area contributed by atoms with Crippen molar-refractivity contribution in [2.24, 2.45) is 5.92 Å². The second-order valence-corrected chi connectivity index (χ2v) is 2.42. The second kappa shape index (κ2) is 2.85. The first kappa shape index (κ1) is 6.59. The molecule has 1 unspecified atom stereocenters. The average Bonchev–Trinajstić information content (AvgIpc) is 2.18. The highest BCUT2D eigenvalue weighted by Gasteiger charge is 2.22. The van der Waals surface area contributed by atoms with Crippen LogP contribution in [0.1, 0.15) is 19.3 Å². The van der Waals surface area contributed by atoms with Crippen LogP contribution in [0.5, 0.6) is 0 Å². The molecule has 1 heterocycles. The van der Waals surface area contributed by atoms with E-state index in [-0.39, 0.29) is 11.8 Å². The van der Waals surface area contributed by atoms with E-state index in [1.807, 2.05) is 0 Å². The summed E-state index contributed by atoms with van der Waals surface area (Å²) >= 11 is 0. The van der Waals surface area contributed by atoms with Crippen molar-refractivity contribution in [2.75, 3.05) is 6.54 Å². The van der Waals surface area contributed by atoms with Crippen LogP contribution in [0.2, 0.25) is 0 Å². The van der Waals surface area contributed by atoms with Gasteiger partial charge in [-0.2, -0.15) is 0 Å². The Balaban J connectivity index is 2.31. The van der Waals surface area contributed by atoms with E-state index in [1.165, 1.54) is 0 Å². The van der Waals surface area contributed by atoms with Crippen LogP contribution < -0.4 is 5.32 Å². The lowest BCUT2D eigenvalue weighted by Crippen LogP contribution is -2.18. The Morgan fingerprint density at radius 2 is 2.56 bits per heavy atom. The molecule has 1 amide bonds. The van der Waals surface area contributed by atoms with Gasteiger partial charge >= 0.3 is 0 Å². The van der Waals surface area contributed by atoms with Gasteiger partial charge in [-0.1, -0.05) is 13.3 Å². The summed E-state index contributed by atoms with van der Waals surface area (Å²) in [7, 11) is 0. The smallest absolute Gasteiger partial charge is 0.223 e. The maximum atomic E-state index is 10.8. The number of nitrogens with one attached hydrogen (secondary N) is 1. The SMILES string of the molecule is [CH2]CCC1CCNC1=O. The molecular formula is C7H12NO. The van der Waals surface area contributed by atoms with E-state index in [2.05, 4.69) is 12.2 Å². The third kappa shape index (κ3) is 1.44. The standard InChI is InChI=1S/C7H12NO/c1-2-3-6-4-5-8-7(6)9/h6H,1-5H2,(H,8,9). The predicted octanol–water partition coefficient (Wildman–Crippen LogP) is 0.737. The molecule has 1 fully saturated rings. The number of hydrogen-bond donors (Lipinski definition) is 1. The Morgan fingerprint density at radius 1 is 1.78 bits per heavy atom. The zero-order valence-corrected chi connectivity index (χ0v) is 5.52. The van der Waals surface area contributed by atoms with Crippen LogP contribution in [0.25, 0.3) is 0 Å². The lowest BCUT2D eigenvalue weighted by atomic mass is 10.0. The van der Waals surface area contributed by atoms with Gasteiger partial charge in [-0.15, -0.1) is 0 Å². The molecule has 51 valence electrons. The minimum atomic E-state index is 0.221. The zero-order chi connectivity index (χ0) is 6.69. The number of hydrogen-bond acceptors (Lipinski definition) is 1. The number of amides is 1. The summed E-state index contributed by atoms with van der Waals surface area (Å²) in [6.07, 6.45) is 2.83. The molecule has 1 aliphatic heterocycles. The van der Waals surface area contributed by atoms with E-state index in [1.54, 1.807) is 0 Å². The van der Waals surface area contributed by atoms with Crippen LogP contribution in [0.4, 0.5) is 0 Å². The molecule has 0 bridgehead atoms. The quantitative estimate of drug-likeness (QED) is 0.580. The monoisotopic (exact) mass is 126 g/mol. The molecule has 0 aliphatic carbocycles. The molecule has 1 radical (unpaired) electrons. The van der Waals surface area contributed by atoms with Gasteiger partial charge in [0.25, 0.3) is 0 Å². The van der Waals surface area contributed by atoms with E-state index in [4.69, 9.17) is 0 Å². The van der Waals surface area contributed by atoms with E-state index in [0.29, 0.717) is 0 Å². The molecule has 2 nitrogen and oxygen atoms in total. The normalized spacial score (nSPS) is 26.3. The molecular weight excluding hydrogens is 114 g/mol. The lowest BCUT2D eigenvalue weighted by molar-refractivity contribution is -0.122. The van der Waals surface area contributed by atoms with Crippen LogP contribution in [-0.2, 0) is 4.79 Å². The first-order valence-corrected chi connectivity index (χ1v) is 3.41. The van der Waals surface area contributed by atoms with Crippen molar-refractivity contribution < 1.29 is 4.79 Å². The Morgan fingerprint density at radius 3 is 3.00 bits per heavy atom. The minimum absolute atomic E-state index is 0.221. The van der Waals surface area contributed by atoms with Gasteiger partial charge in [0.2, 0.25) is 5.91 Å². The topological polar surface area (TPSA) is 29.1 Å². The third-order valence-corrected chi connectivity index (χ3v) is 1.72. The molecule has 1 saturated heterocycles. The van der Waals surface area contributed by atoms with Crippen molar-refractivity contribution >= 4 is 5.91 Å². The van der Waals surface area contributed by atoms with Gasteiger partial charge < -0.3 is 5.32 Å². The van der Waals surface area contributed by atoms with Gasteiger partial charge in [-0.05, 0) is 12.8 Å². The lowest BCUT2D eigenvalue weighted by Gasteiger charge is -2.00. The fraction of sp³-hybridized carbons (Fsp3) is 0.714. The van der Waals surface area contributed by atoms with Crippen molar-refractivity contribution in [2.45, 2.75) is 19.3 Å². The highest BCUT2D eigenvalue weighted by atomic mass is 16.2. The Kier molecular flexibility index (Phi) is 2.09. The molecule has 1 atom stereocenters. The van der Waals surface area contributed by atoms with Gasteiger partial charge in [0.15, 0.2) is 0 Å². The molecule has 0 aromatic rings. The van der Waals surface area contributed by atoms with E-state index < -0.39 is 0 Å². The molecule has 0 aromatic carbocycles. The summed E-state index contributed by atoms with van der Waals surface area (Å²) in [5.74, 6) is 0.487. The van der Waals surface area contributed by atoms with Gasteiger partial charge in [0, 0.05) is 12.5 Å². The third-order valence-electron chi connectivity index (χ3n) is 1.72. The molecule has 1 rings (SSSR count). The van der Waals surface area contributed by atoms with Crippen molar-refractivity contribution in [3.05, 3.63) is 6.92 Å². The number of carbonyl (C=O) groups excluding carboxylic acids is 1.